The zero-order valence-electron chi connectivity index (χ0n) is 19.8. The van der Waals surface area contributed by atoms with Gasteiger partial charge in [0.2, 0.25) is 0 Å². The number of aryl methyl sites for hydroxylation is 1. The van der Waals surface area contributed by atoms with Crippen LogP contribution >= 0.6 is 0 Å². The largest absolute Gasteiger partial charge is 0.198 e. The average Bonchev–Trinajstić information content (AvgIpc) is 2.81. The van der Waals surface area contributed by atoms with Crippen molar-refractivity contribution in [2.75, 3.05) is 0 Å². The van der Waals surface area contributed by atoms with Gasteiger partial charge in [-0.3, -0.25) is 0 Å². The minimum Gasteiger partial charge on any atom is -0.198 e. The monoisotopic (exact) mass is 407 g/mol. The SMILES string of the molecule is CCCCC1(C#N)CCC(c2ccc(CC[C@H]3CC[C@H](CCCC)CC3)cc2)CC1. The molecular weight excluding hydrogens is 362 g/mol. The molecule has 1 aromatic rings. The summed E-state index contributed by atoms with van der Waals surface area (Å²) in [4.78, 5) is 0. The molecular formula is C29H45N. The van der Waals surface area contributed by atoms with E-state index < -0.39 is 0 Å². The summed E-state index contributed by atoms with van der Waals surface area (Å²) in [5.74, 6) is 2.65. The first-order valence-electron chi connectivity index (χ1n) is 13.2. The van der Waals surface area contributed by atoms with Crippen LogP contribution in [0.5, 0.6) is 0 Å². The molecule has 2 fully saturated rings. The summed E-state index contributed by atoms with van der Waals surface area (Å²) in [6.07, 6.45) is 20.9. The zero-order chi connectivity index (χ0) is 21.2. The molecule has 1 heteroatoms. The molecule has 0 N–H and O–H groups in total. The van der Waals surface area contributed by atoms with Crippen LogP contribution in [0.3, 0.4) is 0 Å². The maximum Gasteiger partial charge on any atom is 0.0689 e. The summed E-state index contributed by atoms with van der Waals surface area (Å²) < 4.78 is 0. The lowest BCUT2D eigenvalue weighted by atomic mass is 9.67. The predicted molar refractivity (Wildman–Crippen MR) is 129 cm³/mol. The van der Waals surface area contributed by atoms with Crippen LogP contribution in [0.4, 0.5) is 0 Å². The smallest absolute Gasteiger partial charge is 0.0689 e. The van der Waals surface area contributed by atoms with Crippen molar-refractivity contribution >= 4 is 0 Å². The van der Waals surface area contributed by atoms with Gasteiger partial charge in [-0.25, -0.2) is 0 Å². The third-order valence-corrected chi connectivity index (χ3v) is 8.41. The Hall–Kier alpha value is -1.29. The zero-order valence-corrected chi connectivity index (χ0v) is 19.8. The number of hydrogen-bond acceptors (Lipinski definition) is 1. The van der Waals surface area contributed by atoms with Crippen LogP contribution in [0.25, 0.3) is 0 Å². The summed E-state index contributed by atoms with van der Waals surface area (Å²) in [5, 5.41) is 9.73. The quantitative estimate of drug-likeness (QED) is 0.379. The highest BCUT2D eigenvalue weighted by atomic mass is 14.4. The molecule has 2 aliphatic carbocycles. The number of unbranched alkanes of at least 4 members (excludes halogenated alkanes) is 2. The fourth-order valence-corrected chi connectivity index (χ4v) is 6.07. The molecule has 0 aromatic heterocycles. The average molecular weight is 408 g/mol. The van der Waals surface area contributed by atoms with Crippen molar-refractivity contribution < 1.29 is 0 Å². The van der Waals surface area contributed by atoms with Crippen LogP contribution in [-0.2, 0) is 6.42 Å². The number of nitrogens with zero attached hydrogens (tertiary/aromatic N) is 1. The van der Waals surface area contributed by atoms with Gasteiger partial charge in [0.25, 0.3) is 0 Å². The van der Waals surface area contributed by atoms with Gasteiger partial charge < -0.3 is 0 Å². The Labute approximate surface area is 186 Å². The van der Waals surface area contributed by atoms with Crippen molar-refractivity contribution in [1.29, 1.82) is 5.26 Å². The third kappa shape index (κ3) is 6.60. The van der Waals surface area contributed by atoms with E-state index in [-0.39, 0.29) is 5.41 Å². The van der Waals surface area contributed by atoms with Gasteiger partial charge in [0.15, 0.2) is 0 Å². The first-order valence-corrected chi connectivity index (χ1v) is 13.2. The Morgan fingerprint density at radius 3 is 2.00 bits per heavy atom. The van der Waals surface area contributed by atoms with Crippen LogP contribution in [0.1, 0.15) is 127 Å². The molecule has 0 radical (unpaired) electrons. The number of rotatable bonds is 10. The van der Waals surface area contributed by atoms with Gasteiger partial charge in [-0.15, -0.1) is 0 Å². The summed E-state index contributed by atoms with van der Waals surface area (Å²) in [5.41, 5.74) is 3.01. The highest BCUT2D eigenvalue weighted by Gasteiger charge is 2.35. The third-order valence-electron chi connectivity index (χ3n) is 8.41. The lowest BCUT2D eigenvalue weighted by Gasteiger charge is -2.35. The Balaban J connectivity index is 1.41. The Kier molecular flexibility index (Phi) is 9.29. The summed E-state index contributed by atoms with van der Waals surface area (Å²) in [6.45, 7) is 4.55. The normalized spacial score (nSPS) is 29.4. The second-order valence-electron chi connectivity index (χ2n) is 10.6. The molecule has 1 aromatic carbocycles. The lowest BCUT2D eigenvalue weighted by molar-refractivity contribution is 0.224. The molecule has 0 unspecified atom stereocenters. The molecule has 0 atom stereocenters. The Bertz CT molecular complexity index is 636. The van der Waals surface area contributed by atoms with E-state index in [1.54, 1.807) is 0 Å². The van der Waals surface area contributed by atoms with E-state index in [0.29, 0.717) is 5.92 Å². The molecule has 1 nitrogen and oxygen atoms in total. The molecule has 0 aliphatic heterocycles. The molecule has 0 saturated heterocycles. The van der Waals surface area contributed by atoms with Gasteiger partial charge in [0.05, 0.1) is 11.5 Å². The van der Waals surface area contributed by atoms with Crippen molar-refractivity contribution in [2.24, 2.45) is 17.3 Å². The van der Waals surface area contributed by atoms with E-state index in [1.165, 1.54) is 94.6 Å². The molecule has 0 heterocycles. The first-order chi connectivity index (χ1) is 14.7. The highest BCUT2D eigenvalue weighted by molar-refractivity contribution is 5.26. The van der Waals surface area contributed by atoms with Crippen molar-refractivity contribution in [2.45, 2.75) is 122 Å². The lowest BCUT2D eigenvalue weighted by Crippen LogP contribution is -2.25. The molecule has 30 heavy (non-hydrogen) atoms. The van der Waals surface area contributed by atoms with Crippen LogP contribution in [0.2, 0.25) is 0 Å². The van der Waals surface area contributed by atoms with E-state index in [0.717, 1.165) is 31.1 Å². The Morgan fingerprint density at radius 2 is 1.43 bits per heavy atom. The van der Waals surface area contributed by atoms with Gasteiger partial charge in [-0.2, -0.15) is 5.26 Å². The van der Waals surface area contributed by atoms with Gasteiger partial charge in [0.1, 0.15) is 0 Å². The van der Waals surface area contributed by atoms with Crippen LogP contribution in [0, 0.1) is 28.6 Å². The molecule has 2 aliphatic rings. The fourth-order valence-electron chi connectivity index (χ4n) is 6.07. The van der Waals surface area contributed by atoms with Crippen LogP contribution in [-0.4, -0.2) is 0 Å². The van der Waals surface area contributed by atoms with Gasteiger partial charge in [-0.05, 0) is 73.8 Å². The van der Waals surface area contributed by atoms with Crippen LogP contribution in [0.15, 0.2) is 24.3 Å². The summed E-state index contributed by atoms with van der Waals surface area (Å²) >= 11 is 0. The van der Waals surface area contributed by atoms with E-state index in [1.807, 2.05) is 0 Å². The van der Waals surface area contributed by atoms with Crippen molar-refractivity contribution in [3.05, 3.63) is 35.4 Å². The number of nitriles is 1. The van der Waals surface area contributed by atoms with Crippen molar-refractivity contribution in [3.63, 3.8) is 0 Å². The van der Waals surface area contributed by atoms with Gasteiger partial charge in [0, 0.05) is 0 Å². The first kappa shape index (κ1) is 23.4. The van der Waals surface area contributed by atoms with Crippen molar-refractivity contribution in [1.82, 2.24) is 0 Å². The second-order valence-corrected chi connectivity index (χ2v) is 10.6. The minimum absolute atomic E-state index is 0.0258. The summed E-state index contributed by atoms with van der Waals surface area (Å²) in [6, 6.07) is 12.3. The van der Waals surface area contributed by atoms with Gasteiger partial charge >= 0.3 is 0 Å². The van der Waals surface area contributed by atoms with E-state index >= 15 is 0 Å². The van der Waals surface area contributed by atoms with E-state index in [9.17, 15) is 5.26 Å². The Morgan fingerprint density at radius 1 is 0.833 bits per heavy atom. The predicted octanol–water partition coefficient (Wildman–Crippen LogP) is 8.97. The standard InChI is InChI=1S/C29H45N/c1-3-5-7-24-8-10-25(11-9-24)12-13-26-14-16-27(17-15-26)28-18-21-29(23-30,22-19-28)20-6-4-2/h14-17,24-25,28H,3-13,18-22H2,1-2H3/t24-,25-,28?,29?. The fraction of sp³-hybridized carbons (Fsp3) is 0.759. The second kappa shape index (κ2) is 11.9. The molecule has 0 bridgehead atoms. The topological polar surface area (TPSA) is 23.8 Å². The molecule has 3 rings (SSSR count). The maximum absolute atomic E-state index is 9.73. The molecule has 166 valence electrons. The maximum atomic E-state index is 9.73. The summed E-state index contributed by atoms with van der Waals surface area (Å²) in [7, 11) is 0. The molecule has 2 saturated carbocycles. The molecule has 0 amide bonds. The van der Waals surface area contributed by atoms with Crippen molar-refractivity contribution in [3.8, 4) is 6.07 Å². The van der Waals surface area contributed by atoms with Gasteiger partial charge in [-0.1, -0.05) is 95.9 Å². The number of hydrogen-bond donors (Lipinski definition) is 0. The molecule has 0 spiro atoms. The van der Waals surface area contributed by atoms with Crippen LogP contribution < -0.4 is 0 Å². The number of benzene rings is 1. The highest BCUT2D eigenvalue weighted by Crippen LogP contribution is 2.45. The minimum atomic E-state index is -0.0258. The van der Waals surface area contributed by atoms with E-state index in [2.05, 4.69) is 44.2 Å². The van der Waals surface area contributed by atoms with E-state index in [4.69, 9.17) is 0 Å².